The van der Waals surface area contributed by atoms with Gasteiger partial charge in [0.25, 0.3) is 5.91 Å². The Bertz CT molecular complexity index is 1160. The maximum absolute atomic E-state index is 12.6. The molecule has 0 spiro atoms. The number of thioether (sulfide) groups is 1. The van der Waals surface area contributed by atoms with Gasteiger partial charge in [-0.3, -0.25) is 9.59 Å². The van der Waals surface area contributed by atoms with Crippen molar-refractivity contribution in [3.8, 4) is 5.75 Å². The zero-order chi connectivity index (χ0) is 24.8. The largest absolute Gasteiger partial charge is 0.491 e. The molecule has 182 valence electrons. The van der Waals surface area contributed by atoms with Crippen LogP contribution >= 0.6 is 11.8 Å². The summed E-state index contributed by atoms with van der Waals surface area (Å²) < 4.78 is 5.95. The Labute approximate surface area is 211 Å². The molecule has 6 heteroatoms. The summed E-state index contributed by atoms with van der Waals surface area (Å²) in [5, 5.41) is 2.89. The summed E-state index contributed by atoms with van der Waals surface area (Å²) in [6.07, 6.45) is 0. The molecule has 0 aromatic heterocycles. The summed E-state index contributed by atoms with van der Waals surface area (Å²) in [6.45, 7) is 7.85. The highest BCUT2D eigenvalue weighted by Crippen LogP contribution is 2.39. The van der Waals surface area contributed by atoms with Gasteiger partial charge in [0.15, 0.2) is 0 Å². The van der Waals surface area contributed by atoms with Gasteiger partial charge in [-0.15, -0.1) is 11.8 Å². The Hall–Kier alpha value is -3.25. The van der Waals surface area contributed by atoms with Crippen molar-refractivity contribution in [3.63, 3.8) is 0 Å². The lowest BCUT2D eigenvalue weighted by molar-refractivity contribution is -0.128. The van der Waals surface area contributed by atoms with Gasteiger partial charge in [-0.2, -0.15) is 0 Å². The maximum Gasteiger partial charge on any atom is 0.251 e. The van der Waals surface area contributed by atoms with E-state index < -0.39 is 0 Å². The number of nitrogens with one attached hydrogen (secondary N) is 1. The van der Waals surface area contributed by atoms with Gasteiger partial charge < -0.3 is 15.0 Å². The van der Waals surface area contributed by atoms with E-state index >= 15 is 0 Å². The minimum Gasteiger partial charge on any atom is -0.491 e. The molecule has 1 N–H and O–H groups in total. The summed E-state index contributed by atoms with van der Waals surface area (Å²) in [5.74, 6) is 1.32. The van der Waals surface area contributed by atoms with E-state index in [1.54, 1.807) is 11.8 Å². The fourth-order valence-corrected chi connectivity index (χ4v) is 5.31. The van der Waals surface area contributed by atoms with Crippen LogP contribution in [0.25, 0.3) is 0 Å². The van der Waals surface area contributed by atoms with Crippen molar-refractivity contribution in [1.29, 1.82) is 0 Å². The van der Waals surface area contributed by atoms with E-state index in [2.05, 4.69) is 32.2 Å². The van der Waals surface area contributed by atoms with E-state index in [4.69, 9.17) is 4.74 Å². The molecule has 0 unspecified atom stereocenters. The number of rotatable bonds is 8. The second-order valence-electron chi connectivity index (χ2n) is 9.64. The lowest BCUT2D eigenvalue weighted by Crippen LogP contribution is -2.29. The van der Waals surface area contributed by atoms with Gasteiger partial charge in [0.1, 0.15) is 17.7 Å². The van der Waals surface area contributed by atoms with Crippen molar-refractivity contribution in [2.24, 2.45) is 0 Å². The van der Waals surface area contributed by atoms with E-state index in [-0.39, 0.29) is 22.6 Å². The van der Waals surface area contributed by atoms with Gasteiger partial charge in [0.05, 0.1) is 12.3 Å². The fraction of sp³-hybridized carbons (Fsp3) is 0.310. The number of carbonyl (C=O) groups excluding carboxylic acids is 2. The quantitative estimate of drug-likeness (QED) is 0.421. The molecule has 1 saturated heterocycles. The minimum atomic E-state index is -0.138. The summed E-state index contributed by atoms with van der Waals surface area (Å²) in [4.78, 5) is 27.0. The summed E-state index contributed by atoms with van der Waals surface area (Å²) in [6, 6.07) is 25.6. The molecule has 4 rings (SSSR count). The van der Waals surface area contributed by atoms with Crippen LogP contribution in [0, 0.1) is 0 Å². The van der Waals surface area contributed by atoms with Crippen LogP contribution in [0.4, 0.5) is 0 Å². The zero-order valence-corrected chi connectivity index (χ0v) is 21.3. The predicted molar refractivity (Wildman–Crippen MR) is 142 cm³/mol. The zero-order valence-electron chi connectivity index (χ0n) is 20.5. The van der Waals surface area contributed by atoms with E-state index in [1.807, 2.05) is 77.7 Å². The SMILES string of the molecule is CC(C)(C)c1ccccc1OCCNC(=O)c1ccc([C@H]2SCC(=O)N2Cc2ccccc2)cc1. The third-order valence-electron chi connectivity index (χ3n) is 5.96. The number of nitrogens with zero attached hydrogens (tertiary/aromatic N) is 1. The van der Waals surface area contributed by atoms with Crippen molar-refractivity contribution in [2.45, 2.75) is 38.1 Å². The van der Waals surface area contributed by atoms with Gasteiger partial charge >= 0.3 is 0 Å². The Morgan fingerprint density at radius 1 is 1.00 bits per heavy atom. The standard InChI is InChI=1S/C29H32N2O3S/c1-29(2,3)24-11-7-8-12-25(24)34-18-17-30-27(33)22-13-15-23(16-14-22)28-31(26(32)20-35-28)19-21-9-5-4-6-10-21/h4-16,28H,17-20H2,1-3H3,(H,30,33)/t28-/m1/s1. The first-order valence-corrected chi connectivity index (χ1v) is 12.9. The lowest BCUT2D eigenvalue weighted by atomic mass is 9.86. The first-order valence-electron chi connectivity index (χ1n) is 11.9. The summed E-state index contributed by atoms with van der Waals surface area (Å²) in [7, 11) is 0. The van der Waals surface area contributed by atoms with Gasteiger partial charge in [-0.1, -0.05) is 81.4 Å². The van der Waals surface area contributed by atoms with Crippen LogP contribution in [-0.4, -0.2) is 35.6 Å². The van der Waals surface area contributed by atoms with E-state index in [0.717, 1.165) is 22.4 Å². The minimum absolute atomic E-state index is 0.0134. The highest BCUT2D eigenvalue weighted by atomic mass is 32.2. The van der Waals surface area contributed by atoms with Crippen LogP contribution in [0.1, 0.15) is 53.2 Å². The van der Waals surface area contributed by atoms with Crippen LogP contribution in [0.15, 0.2) is 78.9 Å². The average molecular weight is 489 g/mol. The third-order valence-corrected chi connectivity index (χ3v) is 7.22. The highest BCUT2D eigenvalue weighted by Gasteiger charge is 2.32. The van der Waals surface area contributed by atoms with Crippen LogP contribution in [0.2, 0.25) is 0 Å². The summed E-state index contributed by atoms with van der Waals surface area (Å²) in [5.41, 5.74) is 3.85. The smallest absolute Gasteiger partial charge is 0.251 e. The van der Waals surface area contributed by atoms with Crippen LogP contribution in [0.5, 0.6) is 5.75 Å². The van der Waals surface area contributed by atoms with Crippen LogP contribution in [0.3, 0.4) is 0 Å². The van der Waals surface area contributed by atoms with Gasteiger partial charge in [-0.05, 0) is 40.3 Å². The number of amides is 2. The van der Waals surface area contributed by atoms with Gasteiger partial charge in [-0.25, -0.2) is 0 Å². The first-order chi connectivity index (χ1) is 16.8. The highest BCUT2D eigenvalue weighted by molar-refractivity contribution is 8.00. The summed E-state index contributed by atoms with van der Waals surface area (Å²) >= 11 is 1.62. The van der Waals surface area contributed by atoms with Gasteiger partial charge in [0.2, 0.25) is 5.91 Å². The molecular weight excluding hydrogens is 456 g/mol. The topological polar surface area (TPSA) is 58.6 Å². The number of hydrogen-bond donors (Lipinski definition) is 1. The number of hydrogen-bond acceptors (Lipinski definition) is 4. The van der Waals surface area contributed by atoms with Crippen molar-refractivity contribution in [3.05, 3.63) is 101 Å². The fourth-order valence-electron chi connectivity index (χ4n) is 4.12. The molecule has 1 aliphatic heterocycles. The molecule has 0 aliphatic carbocycles. The number of carbonyl (C=O) groups is 2. The molecule has 3 aromatic rings. The van der Waals surface area contributed by atoms with Crippen molar-refractivity contribution < 1.29 is 14.3 Å². The molecule has 5 nitrogen and oxygen atoms in total. The molecule has 2 amide bonds. The molecule has 3 aromatic carbocycles. The lowest BCUT2D eigenvalue weighted by Gasteiger charge is -2.24. The van der Waals surface area contributed by atoms with E-state index in [1.165, 1.54) is 0 Å². The second-order valence-corrected chi connectivity index (χ2v) is 10.7. The van der Waals surface area contributed by atoms with Gasteiger partial charge in [0, 0.05) is 12.1 Å². The van der Waals surface area contributed by atoms with Crippen LogP contribution in [-0.2, 0) is 16.8 Å². The molecule has 1 atom stereocenters. The second kappa shape index (κ2) is 11.0. The number of ether oxygens (including phenoxy) is 1. The number of benzene rings is 3. The Morgan fingerprint density at radius 3 is 2.40 bits per heavy atom. The molecule has 35 heavy (non-hydrogen) atoms. The normalized spacial score (nSPS) is 15.8. The van der Waals surface area contributed by atoms with Crippen molar-refractivity contribution in [1.82, 2.24) is 10.2 Å². The van der Waals surface area contributed by atoms with E-state index in [9.17, 15) is 9.59 Å². The first kappa shape index (κ1) is 24.9. The Kier molecular flexibility index (Phi) is 7.81. The van der Waals surface area contributed by atoms with Crippen molar-refractivity contribution >= 4 is 23.6 Å². The molecule has 1 aliphatic rings. The Balaban J connectivity index is 1.32. The molecule has 0 saturated carbocycles. The average Bonchev–Trinajstić information content (AvgIpc) is 3.22. The molecule has 0 bridgehead atoms. The van der Waals surface area contributed by atoms with Crippen LogP contribution < -0.4 is 10.1 Å². The third kappa shape index (κ3) is 6.25. The number of para-hydroxylation sites is 1. The van der Waals surface area contributed by atoms with Crippen molar-refractivity contribution in [2.75, 3.05) is 18.9 Å². The Morgan fingerprint density at radius 2 is 1.69 bits per heavy atom. The maximum atomic E-state index is 12.6. The molecular formula is C29H32N2O3S. The molecule has 1 heterocycles. The predicted octanol–water partition coefficient (Wildman–Crippen LogP) is 5.57. The monoisotopic (exact) mass is 488 g/mol. The molecule has 0 radical (unpaired) electrons. The van der Waals surface area contributed by atoms with E-state index in [0.29, 0.717) is 31.0 Å². The molecule has 1 fully saturated rings.